The maximum absolute atomic E-state index is 4.20. The molecule has 0 aromatic carbocycles. The fourth-order valence-electron chi connectivity index (χ4n) is 0.856. The Kier molecular flexibility index (Phi) is 9.56. The second-order valence-corrected chi connectivity index (χ2v) is 2.10. The first-order valence-corrected chi connectivity index (χ1v) is 4.71. The van der Waals surface area contributed by atoms with Gasteiger partial charge in [0.05, 0.1) is 0 Å². The van der Waals surface area contributed by atoms with Crippen LogP contribution in [-0.2, 0) is 15.1 Å². The van der Waals surface area contributed by atoms with Gasteiger partial charge in [0.1, 0.15) is 0 Å². The van der Waals surface area contributed by atoms with E-state index in [2.05, 4.69) is 49.5 Å². The van der Waals surface area contributed by atoms with Crippen LogP contribution in [0.5, 0.6) is 0 Å². The summed E-state index contributed by atoms with van der Waals surface area (Å²) in [5.41, 5.74) is 0. The van der Waals surface area contributed by atoms with Crippen molar-refractivity contribution < 1.29 is 15.1 Å². The first-order valence-electron chi connectivity index (χ1n) is 3.41. The summed E-state index contributed by atoms with van der Waals surface area (Å²) in [5.74, 6) is 0. The summed E-state index contributed by atoms with van der Waals surface area (Å²) in [6, 6.07) is 0. The Bertz CT molecular complexity index is 81.8. The van der Waals surface area contributed by atoms with E-state index < -0.39 is 0 Å². The van der Waals surface area contributed by atoms with Gasteiger partial charge in [-0.15, -0.1) is 0 Å². The van der Waals surface area contributed by atoms with E-state index in [1.54, 1.807) is 0 Å². The van der Waals surface area contributed by atoms with Crippen LogP contribution in [0.1, 0.15) is 25.7 Å². The molecule has 2 heteroatoms. The van der Waals surface area contributed by atoms with Crippen molar-refractivity contribution in [3.8, 4) is 0 Å². The van der Waals surface area contributed by atoms with Crippen molar-refractivity contribution in [3.63, 3.8) is 0 Å². The molecule has 0 bridgehead atoms. The van der Waals surface area contributed by atoms with Gasteiger partial charge in [-0.05, 0) is 25.7 Å². The van der Waals surface area contributed by atoms with Crippen LogP contribution in [0.3, 0.4) is 0 Å². The second kappa shape index (κ2) is 9.29. The molecule has 0 radical (unpaired) electrons. The molecule has 0 fully saturated rings. The van der Waals surface area contributed by atoms with Gasteiger partial charge in [0, 0.05) is 0 Å². The number of allylic oxidation sites excluding steroid dienone is 4. The number of hydrogen-bond donors (Lipinski definition) is 0. The van der Waals surface area contributed by atoms with Crippen molar-refractivity contribution in [1.82, 2.24) is 0 Å². The van der Waals surface area contributed by atoms with Crippen LogP contribution in [0.2, 0.25) is 0 Å². The van der Waals surface area contributed by atoms with Gasteiger partial charge >= 0.3 is 25.2 Å². The number of rotatable bonds is 0. The molecule has 62 valence electrons. The molecule has 0 N–H and O–H groups in total. The number of halogens is 1. The molecule has 0 aromatic heterocycles. The summed E-state index contributed by atoms with van der Waals surface area (Å²) in [6.45, 7) is 0. The zero-order valence-electron chi connectivity index (χ0n) is 5.82. The Labute approximate surface area is 75.4 Å². The zero-order chi connectivity index (χ0) is 7.66. The Balaban J connectivity index is 0.000000371. The summed E-state index contributed by atoms with van der Waals surface area (Å²) in [6.07, 6.45) is 14.0. The van der Waals surface area contributed by atoms with E-state index in [1.807, 2.05) is 0 Å². The SMILES string of the molecule is C1=CCCC=CCC1.[Cl][Cu]. The third kappa shape index (κ3) is 6.41. The topological polar surface area (TPSA) is 0 Å². The average Bonchev–Trinajstić information content (AvgIpc) is 1.90. The monoisotopic (exact) mass is 206 g/mol. The molecule has 0 nitrogen and oxygen atoms in total. The third-order valence-corrected chi connectivity index (χ3v) is 1.33. The third-order valence-electron chi connectivity index (χ3n) is 1.33. The van der Waals surface area contributed by atoms with Gasteiger partial charge in [-0.3, -0.25) is 0 Å². The van der Waals surface area contributed by atoms with Crippen LogP contribution in [0, 0.1) is 0 Å². The molecule has 0 saturated heterocycles. The van der Waals surface area contributed by atoms with Crippen LogP contribution in [-0.4, -0.2) is 0 Å². The minimum atomic E-state index is 1.23. The van der Waals surface area contributed by atoms with E-state index in [-0.39, 0.29) is 0 Å². The summed E-state index contributed by atoms with van der Waals surface area (Å²) >= 11 is 3.66. The first-order chi connectivity index (χ1) is 5.00. The zero-order valence-corrected chi connectivity index (χ0v) is 7.51. The van der Waals surface area contributed by atoms with Crippen molar-refractivity contribution in [3.05, 3.63) is 24.3 Å². The molecule has 10 heavy (non-hydrogen) atoms. The summed E-state index contributed by atoms with van der Waals surface area (Å²) in [4.78, 5) is 0. The van der Waals surface area contributed by atoms with Gasteiger partial charge in [0.2, 0.25) is 0 Å². The maximum atomic E-state index is 4.20. The predicted octanol–water partition coefficient (Wildman–Crippen LogP) is 3.36. The van der Waals surface area contributed by atoms with Gasteiger partial charge in [-0.25, -0.2) is 0 Å². The van der Waals surface area contributed by atoms with Gasteiger partial charge in [-0.2, -0.15) is 0 Å². The minimum absolute atomic E-state index is 1.23. The van der Waals surface area contributed by atoms with Crippen molar-refractivity contribution in [1.29, 1.82) is 0 Å². The normalized spacial score (nSPS) is 16.7. The van der Waals surface area contributed by atoms with Gasteiger partial charge < -0.3 is 0 Å². The van der Waals surface area contributed by atoms with Crippen molar-refractivity contribution in [2.24, 2.45) is 0 Å². The molecule has 1 aliphatic rings. The quantitative estimate of drug-likeness (QED) is 0.422. The molecule has 1 rings (SSSR count). The van der Waals surface area contributed by atoms with Crippen molar-refractivity contribution >= 4 is 10.1 Å². The molecular formula is C8H12ClCu. The standard InChI is InChI=1S/C8H12.ClH.Cu/c1-2-4-6-8-7-5-3-1;;/h1-2,7-8H,3-6H2;1H;/q;;+1/p-1. The molecular weight excluding hydrogens is 195 g/mol. The Hall–Kier alpha value is 0.289. The van der Waals surface area contributed by atoms with Crippen LogP contribution in [0.15, 0.2) is 24.3 Å². The molecule has 0 saturated carbocycles. The fraction of sp³-hybridized carbons (Fsp3) is 0.500. The molecule has 1 aliphatic carbocycles. The van der Waals surface area contributed by atoms with E-state index in [0.29, 0.717) is 0 Å². The van der Waals surface area contributed by atoms with Crippen LogP contribution < -0.4 is 0 Å². The molecule has 0 atom stereocenters. The summed E-state index contributed by atoms with van der Waals surface area (Å²) in [5, 5.41) is 0. The first kappa shape index (κ1) is 10.3. The average molecular weight is 207 g/mol. The number of hydrogen-bond acceptors (Lipinski definition) is 0. The van der Waals surface area contributed by atoms with Crippen molar-refractivity contribution in [2.75, 3.05) is 0 Å². The Morgan fingerprint density at radius 3 is 1.10 bits per heavy atom. The second-order valence-electron chi connectivity index (χ2n) is 2.10. The molecule has 0 amide bonds. The van der Waals surface area contributed by atoms with Crippen LogP contribution in [0.4, 0.5) is 0 Å². The summed E-state index contributed by atoms with van der Waals surface area (Å²) < 4.78 is 0. The molecule has 0 aromatic rings. The van der Waals surface area contributed by atoms with Crippen LogP contribution in [0.25, 0.3) is 0 Å². The van der Waals surface area contributed by atoms with Crippen molar-refractivity contribution in [2.45, 2.75) is 25.7 Å². The summed E-state index contributed by atoms with van der Waals surface area (Å²) in [7, 11) is 4.20. The van der Waals surface area contributed by atoms with Gasteiger partial charge in [0.15, 0.2) is 0 Å². The van der Waals surface area contributed by atoms with E-state index in [1.165, 1.54) is 25.7 Å². The molecule has 0 spiro atoms. The van der Waals surface area contributed by atoms with E-state index >= 15 is 0 Å². The molecule has 0 unspecified atom stereocenters. The van der Waals surface area contributed by atoms with Gasteiger partial charge in [-0.1, -0.05) is 24.3 Å². The predicted molar refractivity (Wildman–Crippen MR) is 42.6 cm³/mol. The van der Waals surface area contributed by atoms with Gasteiger partial charge in [0.25, 0.3) is 0 Å². The van der Waals surface area contributed by atoms with E-state index in [4.69, 9.17) is 0 Å². The Morgan fingerprint density at radius 1 is 0.700 bits per heavy atom. The Morgan fingerprint density at radius 2 is 0.900 bits per heavy atom. The fourth-order valence-corrected chi connectivity index (χ4v) is 0.856. The van der Waals surface area contributed by atoms with E-state index in [0.717, 1.165) is 0 Å². The van der Waals surface area contributed by atoms with Crippen LogP contribution >= 0.6 is 10.1 Å². The molecule has 0 aliphatic heterocycles. The van der Waals surface area contributed by atoms with E-state index in [9.17, 15) is 0 Å². The molecule has 0 heterocycles.